The molecule has 0 heterocycles. The van der Waals surface area contributed by atoms with Gasteiger partial charge in [0, 0.05) is 0 Å². The van der Waals surface area contributed by atoms with Crippen molar-refractivity contribution in [2.45, 2.75) is 6.92 Å². The van der Waals surface area contributed by atoms with Crippen LogP contribution in [0.4, 0.5) is 0 Å². The van der Waals surface area contributed by atoms with Gasteiger partial charge in [-0.15, -0.1) is 0 Å². The molecule has 0 radical (unpaired) electrons. The standard InChI is InChI=1S/C31H24/c1-4-22-18-19-25(20-23(22)5-2)31-28-12-8-6-10-26(28)30(24-16-14-21(3)15-17-24)27-11-7-9-13-29(27)31/h4-20H,1-2H2,3H3. The van der Waals surface area contributed by atoms with E-state index >= 15 is 0 Å². The van der Waals surface area contributed by atoms with Crippen molar-refractivity contribution in [2.75, 3.05) is 0 Å². The highest BCUT2D eigenvalue weighted by molar-refractivity contribution is 6.21. The quantitative estimate of drug-likeness (QED) is 0.266. The van der Waals surface area contributed by atoms with Crippen LogP contribution in [0.3, 0.4) is 0 Å². The van der Waals surface area contributed by atoms with Crippen molar-refractivity contribution in [2.24, 2.45) is 0 Å². The first-order valence-electron chi connectivity index (χ1n) is 10.6. The maximum absolute atomic E-state index is 4.01. The molecule has 0 unspecified atom stereocenters. The van der Waals surface area contributed by atoms with E-state index in [0.29, 0.717) is 0 Å². The zero-order valence-corrected chi connectivity index (χ0v) is 17.7. The lowest BCUT2D eigenvalue weighted by Gasteiger charge is -2.18. The molecule has 0 amide bonds. The van der Waals surface area contributed by atoms with Gasteiger partial charge in [0.15, 0.2) is 0 Å². The Labute approximate surface area is 183 Å². The van der Waals surface area contributed by atoms with Gasteiger partial charge in [0.05, 0.1) is 0 Å². The molecule has 5 rings (SSSR count). The minimum Gasteiger partial charge on any atom is -0.0984 e. The lowest BCUT2D eigenvalue weighted by atomic mass is 9.85. The first-order valence-corrected chi connectivity index (χ1v) is 10.6. The van der Waals surface area contributed by atoms with Crippen molar-refractivity contribution in [3.8, 4) is 22.3 Å². The second kappa shape index (κ2) is 7.74. The molecule has 0 spiro atoms. The summed E-state index contributed by atoms with van der Waals surface area (Å²) in [6, 6.07) is 32.9. The van der Waals surface area contributed by atoms with Crippen LogP contribution in [0.2, 0.25) is 0 Å². The topological polar surface area (TPSA) is 0 Å². The summed E-state index contributed by atoms with van der Waals surface area (Å²) in [5.74, 6) is 0. The Morgan fingerprint density at radius 1 is 0.516 bits per heavy atom. The molecule has 0 saturated carbocycles. The molecule has 0 atom stereocenters. The average Bonchev–Trinajstić information content (AvgIpc) is 2.82. The van der Waals surface area contributed by atoms with Crippen molar-refractivity contribution < 1.29 is 0 Å². The van der Waals surface area contributed by atoms with Gasteiger partial charge >= 0.3 is 0 Å². The predicted octanol–water partition coefficient (Wildman–Crippen LogP) is 8.92. The van der Waals surface area contributed by atoms with Crippen LogP contribution in [-0.2, 0) is 0 Å². The summed E-state index contributed by atoms with van der Waals surface area (Å²) >= 11 is 0. The molecule has 0 aromatic heterocycles. The fraction of sp³-hybridized carbons (Fsp3) is 0.0323. The summed E-state index contributed by atoms with van der Waals surface area (Å²) in [7, 11) is 0. The van der Waals surface area contributed by atoms with Crippen LogP contribution < -0.4 is 0 Å². The Kier molecular flexibility index (Phi) is 4.76. The summed E-state index contributed by atoms with van der Waals surface area (Å²) in [4.78, 5) is 0. The van der Waals surface area contributed by atoms with Crippen LogP contribution in [0.1, 0.15) is 16.7 Å². The van der Waals surface area contributed by atoms with Gasteiger partial charge in [-0.3, -0.25) is 0 Å². The molecule has 0 saturated heterocycles. The third-order valence-corrected chi connectivity index (χ3v) is 6.09. The zero-order valence-electron chi connectivity index (χ0n) is 17.7. The molecule has 0 aliphatic heterocycles. The van der Waals surface area contributed by atoms with E-state index in [-0.39, 0.29) is 0 Å². The summed E-state index contributed by atoms with van der Waals surface area (Å²) in [5, 5.41) is 5.07. The van der Waals surface area contributed by atoms with Gasteiger partial charge in [-0.05, 0) is 67.9 Å². The number of hydrogen-bond donors (Lipinski definition) is 0. The van der Waals surface area contributed by atoms with Gasteiger partial charge in [0.2, 0.25) is 0 Å². The van der Waals surface area contributed by atoms with Crippen LogP contribution in [0.15, 0.2) is 104 Å². The number of aryl methyl sites for hydroxylation is 1. The van der Waals surface area contributed by atoms with E-state index in [1.807, 2.05) is 12.2 Å². The third kappa shape index (κ3) is 3.17. The normalized spacial score (nSPS) is 11.0. The molecule has 0 fully saturated rings. The average molecular weight is 397 g/mol. The van der Waals surface area contributed by atoms with E-state index in [9.17, 15) is 0 Å². The van der Waals surface area contributed by atoms with Crippen LogP contribution in [0.25, 0.3) is 56.0 Å². The highest BCUT2D eigenvalue weighted by Crippen LogP contribution is 2.43. The smallest absolute Gasteiger partial charge is 0.00262 e. The Morgan fingerprint density at radius 3 is 1.45 bits per heavy atom. The molecular formula is C31H24. The van der Waals surface area contributed by atoms with Gasteiger partial charge in [-0.1, -0.05) is 116 Å². The van der Waals surface area contributed by atoms with Crippen LogP contribution in [0, 0.1) is 6.92 Å². The van der Waals surface area contributed by atoms with Crippen LogP contribution in [0.5, 0.6) is 0 Å². The molecule has 0 aliphatic rings. The number of hydrogen-bond acceptors (Lipinski definition) is 0. The summed E-state index contributed by atoms with van der Waals surface area (Å²) in [6.07, 6.45) is 3.79. The molecule has 0 bridgehead atoms. The Bertz CT molecular complexity index is 1390. The predicted molar refractivity (Wildman–Crippen MR) is 137 cm³/mol. The van der Waals surface area contributed by atoms with Gasteiger partial charge in [-0.25, -0.2) is 0 Å². The van der Waals surface area contributed by atoms with Crippen LogP contribution >= 0.6 is 0 Å². The van der Waals surface area contributed by atoms with E-state index in [4.69, 9.17) is 0 Å². The Morgan fingerprint density at radius 2 is 0.968 bits per heavy atom. The summed E-state index contributed by atoms with van der Waals surface area (Å²) in [6.45, 7) is 10.1. The van der Waals surface area contributed by atoms with Gasteiger partial charge in [-0.2, -0.15) is 0 Å². The SMILES string of the molecule is C=Cc1ccc(-c2c3ccccc3c(-c3ccc(C)cc3)c3ccccc23)cc1C=C. The monoisotopic (exact) mass is 396 g/mol. The molecule has 0 N–H and O–H groups in total. The van der Waals surface area contributed by atoms with Crippen LogP contribution in [-0.4, -0.2) is 0 Å². The van der Waals surface area contributed by atoms with Crippen molar-refractivity contribution in [3.05, 3.63) is 121 Å². The van der Waals surface area contributed by atoms with E-state index in [1.165, 1.54) is 49.4 Å². The summed E-state index contributed by atoms with van der Waals surface area (Å²) in [5.41, 5.74) is 8.48. The number of rotatable bonds is 4. The lowest BCUT2D eigenvalue weighted by molar-refractivity contribution is 1.47. The fourth-order valence-electron chi connectivity index (χ4n) is 4.56. The molecule has 0 aliphatic carbocycles. The van der Waals surface area contributed by atoms with Crippen molar-refractivity contribution >= 4 is 33.7 Å². The molecule has 148 valence electrons. The largest absolute Gasteiger partial charge is 0.0984 e. The Balaban J connectivity index is 1.94. The first kappa shape index (κ1) is 19.1. The lowest BCUT2D eigenvalue weighted by Crippen LogP contribution is -1.92. The highest BCUT2D eigenvalue weighted by Gasteiger charge is 2.16. The molecule has 0 heteroatoms. The maximum Gasteiger partial charge on any atom is -0.00262 e. The Hall–Kier alpha value is -3.90. The molecular weight excluding hydrogens is 372 g/mol. The second-order valence-corrected chi connectivity index (χ2v) is 7.96. The van der Waals surface area contributed by atoms with Crippen molar-refractivity contribution in [1.29, 1.82) is 0 Å². The first-order chi connectivity index (χ1) is 15.2. The zero-order chi connectivity index (χ0) is 21.4. The molecule has 31 heavy (non-hydrogen) atoms. The molecule has 5 aromatic carbocycles. The fourth-order valence-corrected chi connectivity index (χ4v) is 4.56. The minimum atomic E-state index is 1.10. The second-order valence-electron chi connectivity index (χ2n) is 7.96. The van der Waals surface area contributed by atoms with Crippen molar-refractivity contribution in [1.82, 2.24) is 0 Å². The minimum absolute atomic E-state index is 1.10. The van der Waals surface area contributed by atoms with E-state index in [0.717, 1.165) is 11.1 Å². The van der Waals surface area contributed by atoms with E-state index in [2.05, 4.69) is 111 Å². The van der Waals surface area contributed by atoms with Gasteiger partial charge in [0.25, 0.3) is 0 Å². The van der Waals surface area contributed by atoms with E-state index < -0.39 is 0 Å². The third-order valence-electron chi connectivity index (χ3n) is 6.09. The maximum atomic E-state index is 4.01. The molecule has 0 nitrogen and oxygen atoms in total. The highest BCUT2D eigenvalue weighted by atomic mass is 14.2. The van der Waals surface area contributed by atoms with Crippen molar-refractivity contribution in [3.63, 3.8) is 0 Å². The molecule has 5 aromatic rings. The summed E-state index contributed by atoms with van der Waals surface area (Å²) < 4.78 is 0. The van der Waals surface area contributed by atoms with Gasteiger partial charge in [0.1, 0.15) is 0 Å². The van der Waals surface area contributed by atoms with Gasteiger partial charge < -0.3 is 0 Å². The number of benzene rings is 5. The number of fused-ring (bicyclic) bond motifs is 2. The van der Waals surface area contributed by atoms with E-state index in [1.54, 1.807) is 0 Å².